The number of furan rings is 1. The summed E-state index contributed by atoms with van der Waals surface area (Å²) in [6, 6.07) is 6.80. The van der Waals surface area contributed by atoms with Gasteiger partial charge in [-0.15, -0.1) is 0 Å². The van der Waals surface area contributed by atoms with Gasteiger partial charge in [0.1, 0.15) is 18.1 Å². The molecule has 122 valence electrons. The number of carbonyl (C=O) groups is 1. The van der Waals surface area contributed by atoms with Gasteiger partial charge in [0.2, 0.25) is 5.91 Å². The molecule has 0 saturated carbocycles. The van der Waals surface area contributed by atoms with Crippen molar-refractivity contribution in [3.63, 3.8) is 0 Å². The molecule has 0 bridgehead atoms. The second kappa shape index (κ2) is 5.72. The highest BCUT2D eigenvalue weighted by atomic mass is 16.3. The van der Waals surface area contributed by atoms with Gasteiger partial charge in [-0.3, -0.25) is 9.59 Å². The second-order valence-electron chi connectivity index (χ2n) is 7.07. The van der Waals surface area contributed by atoms with E-state index in [-0.39, 0.29) is 29.5 Å². The summed E-state index contributed by atoms with van der Waals surface area (Å²) in [5.74, 6) is 1.66. The van der Waals surface area contributed by atoms with Crippen LogP contribution < -0.4 is 10.9 Å². The van der Waals surface area contributed by atoms with Gasteiger partial charge in [0.25, 0.3) is 5.56 Å². The standard InChI is InChI=1S/C18H22N2O3/c1-12-8-13-14(9-18(2,3)10-15(13)23-12)19-16(21)11-20-7-5-4-6-17(20)22/h4-8,14H,9-11H2,1-3H3,(H,19,21). The minimum absolute atomic E-state index is 0.0305. The van der Waals surface area contributed by atoms with Crippen LogP contribution in [0.15, 0.2) is 39.7 Å². The van der Waals surface area contributed by atoms with Gasteiger partial charge in [-0.2, -0.15) is 0 Å². The lowest BCUT2D eigenvalue weighted by atomic mass is 9.74. The Hall–Kier alpha value is -2.30. The Morgan fingerprint density at radius 2 is 2.22 bits per heavy atom. The first-order valence-corrected chi connectivity index (χ1v) is 7.88. The molecule has 1 amide bonds. The Labute approximate surface area is 135 Å². The molecule has 0 aliphatic heterocycles. The molecule has 2 aromatic heterocycles. The van der Waals surface area contributed by atoms with Crippen LogP contribution in [-0.4, -0.2) is 10.5 Å². The van der Waals surface area contributed by atoms with Crippen LogP contribution in [0.5, 0.6) is 0 Å². The van der Waals surface area contributed by atoms with Crippen molar-refractivity contribution >= 4 is 5.91 Å². The average Bonchev–Trinajstić information content (AvgIpc) is 2.80. The molecular weight excluding hydrogens is 292 g/mol. The van der Waals surface area contributed by atoms with Gasteiger partial charge >= 0.3 is 0 Å². The predicted molar refractivity (Wildman–Crippen MR) is 87.1 cm³/mol. The summed E-state index contributed by atoms with van der Waals surface area (Å²) in [5, 5.41) is 3.06. The van der Waals surface area contributed by atoms with E-state index < -0.39 is 0 Å². The number of hydrogen-bond donors (Lipinski definition) is 1. The average molecular weight is 314 g/mol. The molecule has 0 aromatic carbocycles. The largest absolute Gasteiger partial charge is 0.466 e. The number of fused-ring (bicyclic) bond motifs is 1. The normalized spacial score (nSPS) is 19.2. The fraction of sp³-hybridized carbons (Fsp3) is 0.444. The van der Waals surface area contributed by atoms with Crippen LogP contribution in [0.1, 0.15) is 43.4 Å². The molecule has 1 aliphatic rings. The lowest BCUT2D eigenvalue weighted by Crippen LogP contribution is -2.38. The Kier molecular flexibility index (Phi) is 3.88. The van der Waals surface area contributed by atoms with Gasteiger partial charge in [0, 0.05) is 24.2 Å². The van der Waals surface area contributed by atoms with Gasteiger partial charge in [0.05, 0.1) is 6.04 Å². The van der Waals surface area contributed by atoms with Gasteiger partial charge in [-0.05, 0) is 30.9 Å². The van der Waals surface area contributed by atoms with E-state index in [0.29, 0.717) is 0 Å². The monoisotopic (exact) mass is 314 g/mol. The summed E-state index contributed by atoms with van der Waals surface area (Å²) < 4.78 is 7.19. The van der Waals surface area contributed by atoms with Crippen molar-refractivity contribution in [1.82, 2.24) is 9.88 Å². The molecule has 2 heterocycles. The molecule has 3 rings (SSSR count). The molecule has 0 spiro atoms. The molecule has 1 aliphatic carbocycles. The third kappa shape index (κ3) is 3.38. The third-order valence-electron chi connectivity index (χ3n) is 4.28. The van der Waals surface area contributed by atoms with Crippen LogP contribution in [0.4, 0.5) is 0 Å². The molecule has 0 radical (unpaired) electrons. The van der Waals surface area contributed by atoms with Crippen molar-refractivity contribution in [3.05, 3.63) is 57.9 Å². The SMILES string of the molecule is Cc1cc2c(o1)CC(C)(C)CC2NC(=O)Cn1ccccc1=O. The second-order valence-corrected chi connectivity index (χ2v) is 7.07. The highest BCUT2D eigenvalue weighted by Crippen LogP contribution is 2.41. The lowest BCUT2D eigenvalue weighted by Gasteiger charge is -2.34. The van der Waals surface area contributed by atoms with Gasteiger partial charge in [0.15, 0.2) is 0 Å². The first kappa shape index (κ1) is 15.6. The zero-order chi connectivity index (χ0) is 16.6. The van der Waals surface area contributed by atoms with Crippen molar-refractivity contribution < 1.29 is 9.21 Å². The lowest BCUT2D eigenvalue weighted by molar-refractivity contribution is -0.122. The van der Waals surface area contributed by atoms with Crippen molar-refractivity contribution in [3.8, 4) is 0 Å². The Bertz CT molecular complexity index is 786. The number of amides is 1. The molecule has 0 fully saturated rings. The van der Waals surface area contributed by atoms with Gasteiger partial charge in [-0.25, -0.2) is 0 Å². The van der Waals surface area contributed by atoms with E-state index in [2.05, 4.69) is 19.2 Å². The number of carbonyl (C=O) groups excluding carboxylic acids is 1. The van der Waals surface area contributed by atoms with E-state index >= 15 is 0 Å². The van der Waals surface area contributed by atoms with Crippen LogP contribution in [0.25, 0.3) is 0 Å². The topological polar surface area (TPSA) is 64.2 Å². The molecule has 1 N–H and O–H groups in total. The minimum atomic E-state index is -0.175. The summed E-state index contributed by atoms with van der Waals surface area (Å²) >= 11 is 0. The minimum Gasteiger partial charge on any atom is -0.466 e. The maximum atomic E-state index is 12.4. The van der Waals surface area contributed by atoms with Crippen LogP contribution in [-0.2, 0) is 17.8 Å². The molecule has 1 unspecified atom stereocenters. The number of aromatic nitrogens is 1. The molecule has 5 nitrogen and oxygen atoms in total. The number of nitrogens with one attached hydrogen (secondary N) is 1. The van der Waals surface area contributed by atoms with E-state index in [1.54, 1.807) is 18.3 Å². The zero-order valence-electron chi connectivity index (χ0n) is 13.8. The first-order chi connectivity index (χ1) is 10.8. The smallest absolute Gasteiger partial charge is 0.250 e. The van der Waals surface area contributed by atoms with E-state index in [1.165, 1.54) is 10.6 Å². The van der Waals surface area contributed by atoms with E-state index in [4.69, 9.17) is 4.42 Å². The van der Waals surface area contributed by atoms with Crippen molar-refractivity contribution in [2.45, 2.75) is 46.2 Å². The molecule has 1 atom stereocenters. The highest BCUT2D eigenvalue weighted by molar-refractivity contribution is 5.76. The van der Waals surface area contributed by atoms with Crippen LogP contribution in [0.2, 0.25) is 0 Å². The maximum Gasteiger partial charge on any atom is 0.250 e. The van der Waals surface area contributed by atoms with Crippen LogP contribution in [0, 0.1) is 12.3 Å². The summed E-state index contributed by atoms with van der Waals surface area (Å²) in [7, 11) is 0. The number of rotatable bonds is 3. The Morgan fingerprint density at radius 1 is 1.43 bits per heavy atom. The highest BCUT2D eigenvalue weighted by Gasteiger charge is 2.35. The van der Waals surface area contributed by atoms with Crippen molar-refractivity contribution in [2.24, 2.45) is 5.41 Å². The third-order valence-corrected chi connectivity index (χ3v) is 4.28. The number of pyridine rings is 1. The molecule has 0 saturated heterocycles. The Balaban J connectivity index is 1.78. The predicted octanol–water partition coefficient (Wildman–Crippen LogP) is 2.58. The summed E-state index contributed by atoms with van der Waals surface area (Å²) in [6.45, 7) is 6.31. The molecule has 5 heteroatoms. The fourth-order valence-electron chi connectivity index (χ4n) is 3.30. The van der Waals surface area contributed by atoms with Crippen molar-refractivity contribution in [1.29, 1.82) is 0 Å². The number of hydrogen-bond acceptors (Lipinski definition) is 3. The van der Waals surface area contributed by atoms with Crippen molar-refractivity contribution in [2.75, 3.05) is 0 Å². The number of aryl methyl sites for hydroxylation is 1. The molecule has 23 heavy (non-hydrogen) atoms. The van der Waals surface area contributed by atoms with Crippen LogP contribution >= 0.6 is 0 Å². The maximum absolute atomic E-state index is 12.4. The number of nitrogens with zero attached hydrogens (tertiary/aromatic N) is 1. The van der Waals surface area contributed by atoms with E-state index in [9.17, 15) is 9.59 Å². The Morgan fingerprint density at radius 3 is 2.96 bits per heavy atom. The quantitative estimate of drug-likeness (QED) is 0.947. The van der Waals surface area contributed by atoms with Gasteiger partial charge < -0.3 is 14.3 Å². The van der Waals surface area contributed by atoms with E-state index in [0.717, 1.165) is 29.9 Å². The summed E-state index contributed by atoms with van der Waals surface area (Å²) in [5.41, 5.74) is 0.959. The summed E-state index contributed by atoms with van der Waals surface area (Å²) in [6.07, 6.45) is 3.36. The zero-order valence-corrected chi connectivity index (χ0v) is 13.8. The van der Waals surface area contributed by atoms with E-state index in [1.807, 2.05) is 13.0 Å². The molecular formula is C18H22N2O3. The molecule has 2 aromatic rings. The van der Waals surface area contributed by atoms with Crippen LogP contribution in [0.3, 0.4) is 0 Å². The fourth-order valence-corrected chi connectivity index (χ4v) is 3.30. The van der Waals surface area contributed by atoms with Gasteiger partial charge in [-0.1, -0.05) is 19.9 Å². The summed E-state index contributed by atoms with van der Waals surface area (Å²) in [4.78, 5) is 24.1. The first-order valence-electron chi connectivity index (χ1n) is 7.88.